The van der Waals surface area contributed by atoms with Crippen molar-refractivity contribution >= 4 is 0 Å². The molecule has 0 radical (unpaired) electrons. The fourth-order valence-corrected chi connectivity index (χ4v) is 2.84. The van der Waals surface area contributed by atoms with Crippen molar-refractivity contribution in [2.24, 2.45) is 11.8 Å². The Hall–Kier alpha value is -0.900. The molecule has 19 heavy (non-hydrogen) atoms. The molecule has 0 spiro atoms. The van der Waals surface area contributed by atoms with Crippen LogP contribution in [0.3, 0.4) is 0 Å². The van der Waals surface area contributed by atoms with Crippen LogP contribution >= 0.6 is 0 Å². The van der Waals surface area contributed by atoms with E-state index in [-0.39, 0.29) is 24.7 Å². The van der Waals surface area contributed by atoms with Gasteiger partial charge in [-0.2, -0.15) is 0 Å². The van der Waals surface area contributed by atoms with Crippen molar-refractivity contribution in [3.8, 4) is 0 Å². The normalized spacial score (nSPS) is 31.3. The van der Waals surface area contributed by atoms with Crippen LogP contribution in [-0.2, 0) is 16.1 Å². The second-order valence-corrected chi connectivity index (χ2v) is 5.34. The highest BCUT2D eigenvalue weighted by Crippen LogP contribution is 2.30. The van der Waals surface area contributed by atoms with E-state index in [1.807, 2.05) is 18.2 Å². The van der Waals surface area contributed by atoms with Gasteiger partial charge in [0.25, 0.3) is 0 Å². The quantitative estimate of drug-likeness (QED) is 0.888. The molecule has 1 aliphatic rings. The van der Waals surface area contributed by atoms with Crippen molar-refractivity contribution in [2.75, 3.05) is 13.2 Å². The van der Waals surface area contributed by atoms with Gasteiger partial charge in [-0.15, -0.1) is 0 Å². The number of hydrogen-bond donors (Lipinski definition) is 1. The van der Waals surface area contributed by atoms with Crippen LogP contribution in [0.15, 0.2) is 30.3 Å². The summed E-state index contributed by atoms with van der Waals surface area (Å²) < 4.78 is 11.9. The molecule has 1 N–H and O–H groups in total. The minimum absolute atomic E-state index is 0.0731. The molecule has 3 heteroatoms. The number of aliphatic hydroxyl groups excluding tert-OH is 1. The minimum Gasteiger partial charge on any atom is -0.396 e. The predicted molar refractivity (Wildman–Crippen MR) is 74.8 cm³/mol. The highest BCUT2D eigenvalue weighted by molar-refractivity contribution is 5.13. The lowest BCUT2D eigenvalue weighted by Crippen LogP contribution is -2.47. The van der Waals surface area contributed by atoms with Crippen LogP contribution < -0.4 is 0 Å². The summed E-state index contributed by atoms with van der Waals surface area (Å²) in [5.74, 6) is 0.404. The second-order valence-electron chi connectivity index (χ2n) is 5.34. The van der Waals surface area contributed by atoms with Gasteiger partial charge in [0, 0.05) is 11.8 Å². The van der Waals surface area contributed by atoms with Gasteiger partial charge in [0.15, 0.2) is 0 Å². The molecule has 0 saturated carbocycles. The molecule has 1 fully saturated rings. The molecule has 1 aromatic carbocycles. The third kappa shape index (κ3) is 3.56. The molecule has 1 heterocycles. The Morgan fingerprint density at radius 3 is 2.68 bits per heavy atom. The van der Waals surface area contributed by atoms with Gasteiger partial charge in [0.1, 0.15) is 0 Å². The molecule has 0 aromatic heterocycles. The van der Waals surface area contributed by atoms with E-state index in [1.165, 1.54) is 5.56 Å². The van der Waals surface area contributed by atoms with Crippen LogP contribution in [0.2, 0.25) is 0 Å². The van der Waals surface area contributed by atoms with E-state index in [4.69, 9.17) is 9.47 Å². The summed E-state index contributed by atoms with van der Waals surface area (Å²) in [5, 5.41) is 9.48. The highest BCUT2D eigenvalue weighted by Gasteiger charge is 2.37. The van der Waals surface area contributed by atoms with Gasteiger partial charge >= 0.3 is 0 Å². The second kappa shape index (κ2) is 7.04. The molecule has 0 amide bonds. The molecule has 1 saturated heterocycles. The van der Waals surface area contributed by atoms with Crippen LogP contribution in [0.1, 0.15) is 25.8 Å². The van der Waals surface area contributed by atoms with Crippen molar-refractivity contribution in [3.05, 3.63) is 35.9 Å². The van der Waals surface area contributed by atoms with Crippen molar-refractivity contribution in [1.82, 2.24) is 0 Å². The Labute approximate surface area is 115 Å². The van der Waals surface area contributed by atoms with Crippen molar-refractivity contribution in [2.45, 2.75) is 39.1 Å². The lowest BCUT2D eigenvalue weighted by atomic mass is 9.85. The number of aliphatic hydroxyl groups is 1. The predicted octanol–water partition coefficient (Wildman–Crippen LogP) is 2.63. The summed E-state index contributed by atoms with van der Waals surface area (Å²) in [6.45, 7) is 5.61. The zero-order valence-corrected chi connectivity index (χ0v) is 11.8. The first-order chi connectivity index (χ1) is 9.26. The Morgan fingerprint density at radius 2 is 2.05 bits per heavy atom. The monoisotopic (exact) mass is 264 g/mol. The lowest BCUT2D eigenvalue weighted by molar-refractivity contribution is -0.159. The van der Waals surface area contributed by atoms with Crippen LogP contribution in [-0.4, -0.2) is 30.5 Å². The van der Waals surface area contributed by atoms with E-state index in [1.54, 1.807) is 0 Å². The van der Waals surface area contributed by atoms with E-state index in [9.17, 15) is 5.11 Å². The molecule has 0 unspecified atom stereocenters. The first-order valence-electron chi connectivity index (χ1n) is 7.14. The van der Waals surface area contributed by atoms with Gasteiger partial charge in [0.2, 0.25) is 0 Å². The Bertz CT molecular complexity index is 366. The summed E-state index contributed by atoms with van der Waals surface area (Å²) >= 11 is 0. The van der Waals surface area contributed by atoms with E-state index >= 15 is 0 Å². The van der Waals surface area contributed by atoms with Gasteiger partial charge in [-0.3, -0.25) is 0 Å². The third-order valence-corrected chi connectivity index (χ3v) is 4.02. The van der Waals surface area contributed by atoms with E-state index in [0.29, 0.717) is 19.1 Å². The van der Waals surface area contributed by atoms with Gasteiger partial charge < -0.3 is 14.6 Å². The maximum Gasteiger partial charge on any atom is 0.0720 e. The molecule has 106 valence electrons. The summed E-state index contributed by atoms with van der Waals surface area (Å²) in [4.78, 5) is 0. The Balaban J connectivity index is 1.98. The Kier molecular flexibility index (Phi) is 5.37. The Morgan fingerprint density at radius 1 is 1.32 bits per heavy atom. The molecule has 1 aliphatic heterocycles. The van der Waals surface area contributed by atoms with Crippen molar-refractivity contribution < 1.29 is 14.6 Å². The standard InChI is InChI=1S/C16H24O3/c1-3-15-12(2)16(14(9-17)11-18-15)19-10-13-7-5-4-6-8-13/h4-8,12,14-17H,3,9-11H2,1-2H3/t12-,14+,15+,16-/m0/s1. The van der Waals surface area contributed by atoms with E-state index < -0.39 is 0 Å². The van der Waals surface area contributed by atoms with Crippen LogP contribution in [0.4, 0.5) is 0 Å². The first-order valence-corrected chi connectivity index (χ1v) is 7.14. The number of benzene rings is 1. The van der Waals surface area contributed by atoms with E-state index in [0.717, 1.165) is 6.42 Å². The zero-order chi connectivity index (χ0) is 13.7. The molecule has 0 bridgehead atoms. The molecule has 2 rings (SSSR count). The molecular weight excluding hydrogens is 240 g/mol. The largest absolute Gasteiger partial charge is 0.396 e. The maximum absolute atomic E-state index is 9.48. The first kappa shape index (κ1) is 14.5. The average Bonchev–Trinajstić information content (AvgIpc) is 2.46. The van der Waals surface area contributed by atoms with Gasteiger partial charge in [-0.05, 0) is 12.0 Å². The molecule has 4 atom stereocenters. The fourth-order valence-electron chi connectivity index (χ4n) is 2.84. The minimum atomic E-state index is 0.0731. The average molecular weight is 264 g/mol. The van der Waals surface area contributed by atoms with E-state index in [2.05, 4.69) is 26.0 Å². The SMILES string of the molecule is CC[C@H]1OC[C@@H](CO)[C@@H](OCc2ccccc2)[C@H]1C. The van der Waals surface area contributed by atoms with Crippen molar-refractivity contribution in [1.29, 1.82) is 0 Å². The molecule has 0 aliphatic carbocycles. The summed E-state index contributed by atoms with van der Waals surface area (Å²) in [7, 11) is 0. The topological polar surface area (TPSA) is 38.7 Å². The number of hydrogen-bond acceptors (Lipinski definition) is 3. The van der Waals surface area contributed by atoms with Gasteiger partial charge in [-0.25, -0.2) is 0 Å². The van der Waals surface area contributed by atoms with Gasteiger partial charge in [-0.1, -0.05) is 44.2 Å². The summed E-state index contributed by atoms with van der Waals surface area (Å²) in [6, 6.07) is 10.2. The summed E-state index contributed by atoms with van der Waals surface area (Å²) in [6.07, 6.45) is 1.30. The third-order valence-electron chi connectivity index (χ3n) is 4.02. The number of rotatable bonds is 5. The van der Waals surface area contributed by atoms with Crippen LogP contribution in [0.5, 0.6) is 0 Å². The molecular formula is C16H24O3. The number of ether oxygens (including phenoxy) is 2. The molecule has 3 nitrogen and oxygen atoms in total. The van der Waals surface area contributed by atoms with Gasteiger partial charge in [0.05, 0.1) is 32.0 Å². The highest BCUT2D eigenvalue weighted by atomic mass is 16.5. The smallest absolute Gasteiger partial charge is 0.0720 e. The van der Waals surface area contributed by atoms with Crippen LogP contribution in [0, 0.1) is 11.8 Å². The lowest BCUT2D eigenvalue weighted by Gasteiger charge is -2.40. The zero-order valence-electron chi connectivity index (χ0n) is 11.8. The van der Waals surface area contributed by atoms with Crippen LogP contribution in [0.25, 0.3) is 0 Å². The maximum atomic E-state index is 9.48. The fraction of sp³-hybridized carbons (Fsp3) is 0.625. The summed E-state index contributed by atoms with van der Waals surface area (Å²) in [5.41, 5.74) is 1.17. The van der Waals surface area contributed by atoms with Crippen molar-refractivity contribution in [3.63, 3.8) is 0 Å². The molecule has 1 aromatic rings.